The van der Waals surface area contributed by atoms with Crippen LogP contribution < -0.4 is 5.32 Å². The number of nitrogens with one attached hydrogen (secondary N) is 1. The van der Waals surface area contributed by atoms with Gasteiger partial charge >= 0.3 is 11.9 Å². The molecule has 2 aromatic rings. The molecule has 0 aromatic heterocycles. The molecule has 2 aromatic carbocycles. The molecule has 1 N–H and O–H groups in total. The summed E-state index contributed by atoms with van der Waals surface area (Å²) < 4.78 is 10.3. The van der Waals surface area contributed by atoms with E-state index in [-0.39, 0.29) is 19.6 Å². The second-order valence-electron chi connectivity index (χ2n) is 7.27. The number of amides is 1. The lowest BCUT2D eigenvalue weighted by molar-refractivity contribution is -0.168. The molecule has 0 radical (unpaired) electrons. The molecule has 1 amide bonds. The zero-order valence-electron chi connectivity index (χ0n) is 18.7. The summed E-state index contributed by atoms with van der Waals surface area (Å²) in [4.78, 5) is 48.5. The topological polar surface area (TPSA) is 98.8 Å². The smallest absolute Gasteiger partial charge is 0.344 e. The van der Waals surface area contributed by atoms with Gasteiger partial charge in [0.25, 0.3) is 0 Å². The van der Waals surface area contributed by atoms with E-state index in [0.29, 0.717) is 18.4 Å². The Morgan fingerprint density at radius 2 is 1.62 bits per heavy atom. The second-order valence-corrected chi connectivity index (χ2v) is 7.27. The third-order valence-electron chi connectivity index (χ3n) is 4.89. The predicted molar refractivity (Wildman–Crippen MR) is 120 cm³/mol. The number of carbonyl (C=O) groups is 4. The van der Waals surface area contributed by atoms with Crippen LogP contribution >= 0.6 is 0 Å². The summed E-state index contributed by atoms with van der Waals surface area (Å²) in [7, 11) is 0. The minimum atomic E-state index is -1.99. The fourth-order valence-corrected chi connectivity index (χ4v) is 3.57. The van der Waals surface area contributed by atoms with Gasteiger partial charge in [0.1, 0.15) is 6.29 Å². The van der Waals surface area contributed by atoms with Gasteiger partial charge in [-0.15, -0.1) is 0 Å². The quantitative estimate of drug-likeness (QED) is 0.328. The summed E-state index contributed by atoms with van der Waals surface area (Å²) in [6.07, 6.45) is 1.77. The number of aryl methyl sites for hydroxylation is 1. The van der Waals surface area contributed by atoms with Crippen molar-refractivity contribution in [3.05, 3.63) is 59.7 Å². The Balaban J connectivity index is 2.51. The molecule has 0 saturated heterocycles. The third kappa shape index (κ3) is 6.03. The van der Waals surface area contributed by atoms with Crippen molar-refractivity contribution < 1.29 is 28.7 Å². The van der Waals surface area contributed by atoms with Crippen LogP contribution in [-0.4, -0.2) is 42.9 Å². The second kappa shape index (κ2) is 11.8. The number of carbonyl (C=O) groups excluding carboxylic acids is 4. The number of hydrogen-bond donors (Lipinski definition) is 1. The molecule has 0 aliphatic carbocycles. The molecule has 0 spiro atoms. The van der Waals surface area contributed by atoms with Crippen LogP contribution in [0.25, 0.3) is 11.1 Å². The van der Waals surface area contributed by atoms with Crippen LogP contribution in [0, 0.1) is 0 Å². The van der Waals surface area contributed by atoms with Crippen molar-refractivity contribution in [2.75, 3.05) is 13.2 Å². The molecule has 0 aliphatic rings. The van der Waals surface area contributed by atoms with Crippen molar-refractivity contribution in [2.24, 2.45) is 0 Å². The highest BCUT2D eigenvalue weighted by Crippen LogP contribution is 2.27. The Morgan fingerprint density at radius 3 is 2.22 bits per heavy atom. The Kier molecular flexibility index (Phi) is 9.13. The Hall–Kier alpha value is -3.48. The highest BCUT2D eigenvalue weighted by molar-refractivity contribution is 6.08. The Morgan fingerprint density at radius 1 is 0.969 bits per heavy atom. The number of hydrogen-bond acceptors (Lipinski definition) is 6. The van der Waals surface area contributed by atoms with Gasteiger partial charge in [-0.2, -0.15) is 0 Å². The minimum Gasteiger partial charge on any atom is -0.464 e. The van der Waals surface area contributed by atoms with E-state index in [0.717, 1.165) is 23.0 Å². The van der Waals surface area contributed by atoms with E-state index in [9.17, 15) is 19.2 Å². The average molecular weight is 440 g/mol. The van der Waals surface area contributed by atoms with E-state index in [1.807, 2.05) is 42.5 Å². The van der Waals surface area contributed by atoms with Crippen LogP contribution in [0.15, 0.2) is 48.5 Å². The SMILES string of the molecule is CCOC(=O)C(Cc1cccc(-c2ccccc2CCC=O)c1)(NC(C)=O)C(=O)OCC. The van der Waals surface area contributed by atoms with Crippen molar-refractivity contribution >= 4 is 24.1 Å². The Labute approximate surface area is 188 Å². The monoisotopic (exact) mass is 439 g/mol. The first-order valence-electron chi connectivity index (χ1n) is 10.6. The molecule has 7 heteroatoms. The number of aldehydes is 1. The van der Waals surface area contributed by atoms with Gasteiger partial charge in [-0.3, -0.25) is 4.79 Å². The summed E-state index contributed by atoms with van der Waals surface area (Å²) in [5.74, 6) is -2.29. The van der Waals surface area contributed by atoms with Gasteiger partial charge in [-0.25, -0.2) is 9.59 Å². The lowest BCUT2D eigenvalue weighted by Gasteiger charge is -2.30. The van der Waals surface area contributed by atoms with E-state index < -0.39 is 23.4 Å². The molecule has 0 heterocycles. The zero-order chi connectivity index (χ0) is 23.6. The number of ether oxygens (including phenoxy) is 2. The summed E-state index contributed by atoms with van der Waals surface area (Å²) in [6, 6.07) is 15.1. The van der Waals surface area contributed by atoms with Gasteiger partial charge in [0.2, 0.25) is 11.4 Å². The van der Waals surface area contributed by atoms with Gasteiger partial charge in [0, 0.05) is 19.8 Å². The van der Waals surface area contributed by atoms with Gasteiger partial charge in [-0.1, -0.05) is 48.5 Å². The number of esters is 2. The maximum absolute atomic E-state index is 12.9. The van der Waals surface area contributed by atoms with Crippen molar-refractivity contribution in [1.82, 2.24) is 5.32 Å². The van der Waals surface area contributed by atoms with Crippen molar-refractivity contribution in [3.8, 4) is 11.1 Å². The summed E-state index contributed by atoms with van der Waals surface area (Å²) in [6.45, 7) is 4.57. The van der Waals surface area contributed by atoms with Crippen LogP contribution in [0.1, 0.15) is 38.3 Å². The maximum Gasteiger partial charge on any atom is 0.344 e. The standard InChI is InChI=1S/C25H29NO6/c1-4-31-23(29)25(26-18(3)28,24(30)32-5-2)17-19-10-8-12-21(16-19)22-14-7-6-11-20(22)13-9-15-27/h6-8,10-12,14-16H,4-5,9,13,17H2,1-3H3,(H,26,28). The van der Waals surface area contributed by atoms with Crippen LogP contribution in [0.5, 0.6) is 0 Å². The van der Waals surface area contributed by atoms with E-state index >= 15 is 0 Å². The minimum absolute atomic E-state index is 0.0454. The lowest BCUT2D eigenvalue weighted by atomic mass is 9.88. The fraction of sp³-hybridized carbons (Fsp3) is 0.360. The molecule has 170 valence electrons. The molecular formula is C25H29NO6. The molecular weight excluding hydrogens is 410 g/mol. The molecule has 0 unspecified atom stereocenters. The number of benzene rings is 2. The average Bonchev–Trinajstić information content (AvgIpc) is 2.77. The van der Waals surface area contributed by atoms with Gasteiger partial charge in [0.15, 0.2) is 0 Å². The molecule has 0 aliphatic heterocycles. The predicted octanol–water partition coefficient (Wildman–Crippen LogP) is 3.03. The summed E-state index contributed by atoms with van der Waals surface area (Å²) >= 11 is 0. The first-order valence-corrected chi connectivity index (χ1v) is 10.6. The third-order valence-corrected chi connectivity index (χ3v) is 4.89. The zero-order valence-corrected chi connectivity index (χ0v) is 18.7. The van der Waals surface area contributed by atoms with E-state index in [1.54, 1.807) is 19.9 Å². The van der Waals surface area contributed by atoms with Gasteiger partial charge < -0.3 is 19.6 Å². The largest absolute Gasteiger partial charge is 0.464 e. The van der Waals surface area contributed by atoms with Crippen molar-refractivity contribution in [3.63, 3.8) is 0 Å². The molecule has 0 saturated carbocycles. The summed E-state index contributed by atoms with van der Waals surface area (Å²) in [5, 5.41) is 2.48. The molecule has 0 bridgehead atoms. The Bertz CT molecular complexity index is 950. The van der Waals surface area contributed by atoms with Crippen molar-refractivity contribution in [1.29, 1.82) is 0 Å². The molecule has 0 fully saturated rings. The van der Waals surface area contributed by atoms with Crippen LogP contribution in [0.3, 0.4) is 0 Å². The van der Waals surface area contributed by atoms with E-state index in [4.69, 9.17) is 9.47 Å². The van der Waals surface area contributed by atoms with Crippen LogP contribution in [0.4, 0.5) is 0 Å². The molecule has 7 nitrogen and oxygen atoms in total. The molecule has 32 heavy (non-hydrogen) atoms. The van der Waals surface area contributed by atoms with Gasteiger partial charge in [-0.05, 0) is 42.5 Å². The van der Waals surface area contributed by atoms with E-state index in [2.05, 4.69) is 5.32 Å². The maximum atomic E-state index is 12.9. The number of rotatable bonds is 11. The normalized spacial score (nSPS) is 10.8. The highest BCUT2D eigenvalue weighted by atomic mass is 16.6. The van der Waals surface area contributed by atoms with Crippen molar-refractivity contribution in [2.45, 2.75) is 45.6 Å². The van der Waals surface area contributed by atoms with Gasteiger partial charge in [0.05, 0.1) is 13.2 Å². The lowest BCUT2D eigenvalue weighted by Crippen LogP contribution is -2.62. The fourth-order valence-electron chi connectivity index (χ4n) is 3.57. The highest BCUT2D eigenvalue weighted by Gasteiger charge is 2.50. The molecule has 2 rings (SSSR count). The molecule has 0 atom stereocenters. The first-order chi connectivity index (χ1) is 15.4. The first kappa shape index (κ1) is 24.8. The van der Waals surface area contributed by atoms with Crippen LogP contribution in [-0.2, 0) is 41.5 Å². The summed E-state index contributed by atoms with van der Waals surface area (Å²) in [5.41, 5.74) is 1.48. The van der Waals surface area contributed by atoms with E-state index in [1.165, 1.54) is 6.92 Å². The van der Waals surface area contributed by atoms with Crippen LogP contribution in [0.2, 0.25) is 0 Å².